The zero-order valence-corrected chi connectivity index (χ0v) is 11.0. The van der Waals surface area contributed by atoms with Crippen molar-refractivity contribution in [3.8, 4) is 0 Å². The van der Waals surface area contributed by atoms with Crippen molar-refractivity contribution in [2.24, 2.45) is 7.05 Å². The highest BCUT2D eigenvalue weighted by Crippen LogP contribution is 2.15. The van der Waals surface area contributed by atoms with Gasteiger partial charge in [0.05, 0.1) is 5.52 Å². The molecule has 0 unspecified atom stereocenters. The van der Waals surface area contributed by atoms with Crippen molar-refractivity contribution in [2.75, 3.05) is 0 Å². The monoisotopic (exact) mass is 271 g/mol. The summed E-state index contributed by atoms with van der Waals surface area (Å²) >= 11 is 0. The van der Waals surface area contributed by atoms with Crippen molar-refractivity contribution in [3.05, 3.63) is 22.1 Å². The summed E-state index contributed by atoms with van der Waals surface area (Å²) in [6.45, 7) is 3.50. The minimum absolute atomic E-state index is 0.112. The van der Waals surface area contributed by atoms with Gasteiger partial charge in [-0.25, -0.2) is 4.98 Å². The van der Waals surface area contributed by atoms with Gasteiger partial charge < -0.3 is 4.57 Å². The Hall–Kier alpha value is -1.67. The van der Waals surface area contributed by atoms with E-state index in [1.165, 1.54) is 0 Å². The van der Waals surface area contributed by atoms with Gasteiger partial charge in [-0.05, 0) is 19.9 Å². The quantitative estimate of drug-likeness (QED) is 0.626. The van der Waals surface area contributed by atoms with Crippen LogP contribution >= 0.6 is 0 Å². The maximum Gasteiger partial charge on any atom is 0.328 e. The van der Waals surface area contributed by atoms with Crippen LogP contribution in [0.2, 0.25) is 0 Å². The maximum atomic E-state index is 12.2. The van der Waals surface area contributed by atoms with Gasteiger partial charge in [0.1, 0.15) is 5.52 Å². The smallest absolute Gasteiger partial charge is 0.328 e. The number of hydrogen-bond acceptors (Lipinski definition) is 4. The Balaban J connectivity index is 3.05. The molecule has 0 spiro atoms. The van der Waals surface area contributed by atoms with E-state index >= 15 is 0 Å². The Bertz CT molecular complexity index is 786. The third kappa shape index (κ3) is 1.73. The molecule has 0 saturated heterocycles. The number of rotatable bonds is 2. The SMILES string of the molecule is CCn1c(S(=O)(=O)O)nc2cc(C)n(C)c2c1=O. The van der Waals surface area contributed by atoms with Crippen molar-refractivity contribution in [1.82, 2.24) is 14.1 Å². The molecule has 0 aliphatic rings. The van der Waals surface area contributed by atoms with Gasteiger partial charge in [-0.2, -0.15) is 8.42 Å². The lowest BCUT2D eigenvalue weighted by Gasteiger charge is -2.08. The third-order valence-corrected chi connectivity index (χ3v) is 3.67. The molecule has 0 saturated carbocycles. The van der Waals surface area contributed by atoms with Gasteiger partial charge in [-0.3, -0.25) is 13.9 Å². The van der Waals surface area contributed by atoms with Crippen LogP contribution < -0.4 is 5.56 Å². The summed E-state index contributed by atoms with van der Waals surface area (Å²) in [7, 11) is -2.82. The molecule has 98 valence electrons. The minimum atomic E-state index is -4.52. The Morgan fingerprint density at radius 2 is 2.06 bits per heavy atom. The minimum Gasteiger partial charge on any atom is -0.342 e. The highest BCUT2D eigenvalue weighted by atomic mass is 32.2. The molecule has 0 fully saturated rings. The fraction of sp³-hybridized carbons (Fsp3) is 0.400. The largest absolute Gasteiger partial charge is 0.342 e. The van der Waals surface area contributed by atoms with Gasteiger partial charge in [-0.1, -0.05) is 0 Å². The van der Waals surface area contributed by atoms with E-state index in [2.05, 4.69) is 4.98 Å². The van der Waals surface area contributed by atoms with Crippen LogP contribution in [-0.2, 0) is 23.7 Å². The number of hydrogen-bond donors (Lipinski definition) is 1. The third-order valence-electron chi connectivity index (χ3n) is 2.89. The first-order valence-electron chi connectivity index (χ1n) is 5.31. The fourth-order valence-corrected chi connectivity index (χ4v) is 2.61. The number of fused-ring (bicyclic) bond motifs is 1. The average molecular weight is 271 g/mol. The normalized spacial score (nSPS) is 12.2. The van der Waals surface area contributed by atoms with Crippen molar-refractivity contribution < 1.29 is 13.0 Å². The van der Waals surface area contributed by atoms with Gasteiger partial charge >= 0.3 is 10.1 Å². The van der Waals surface area contributed by atoms with E-state index in [-0.39, 0.29) is 12.1 Å². The molecule has 8 heteroatoms. The standard InChI is InChI=1S/C10H13N3O4S/c1-4-13-9(14)8-7(5-6(2)12(8)3)11-10(13)18(15,16)17/h5H,4H2,1-3H3,(H,15,16,17). The molecule has 7 nitrogen and oxygen atoms in total. The molecule has 0 aromatic carbocycles. The van der Waals surface area contributed by atoms with E-state index in [1.807, 2.05) is 0 Å². The molecule has 2 rings (SSSR count). The molecule has 0 aliphatic carbocycles. The predicted octanol–water partition coefficient (Wildman–Crippen LogP) is 0.310. The molecule has 0 amide bonds. The molecule has 0 atom stereocenters. The lowest BCUT2D eigenvalue weighted by Crippen LogP contribution is -2.27. The second-order valence-electron chi connectivity index (χ2n) is 4.00. The van der Waals surface area contributed by atoms with Crippen LogP contribution in [0.25, 0.3) is 11.0 Å². The molecular weight excluding hydrogens is 258 g/mol. The lowest BCUT2D eigenvalue weighted by atomic mass is 10.4. The zero-order valence-electron chi connectivity index (χ0n) is 10.2. The number of aromatic nitrogens is 3. The molecule has 0 radical (unpaired) electrons. The summed E-state index contributed by atoms with van der Waals surface area (Å²) in [6, 6.07) is 1.60. The van der Waals surface area contributed by atoms with E-state index in [9.17, 15) is 13.2 Å². The number of nitrogens with zero attached hydrogens (tertiary/aromatic N) is 3. The van der Waals surface area contributed by atoms with E-state index in [0.29, 0.717) is 5.52 Å². The summed E-state index contributed by atoms with van der Waals surface area (Å²) < 4.78 is 34.1. The van der Waals surface area contributed by atoms with Crippen LogP contribution in [-0.4, -0.2) is 27.1 Å². The zero-order chi connectivity index (χ0) is 13.7. The lowest BCUT2D eigenvalue weighted by molar-refractivity contribution is 0.459. The molecule has 1 N–H and O–H groups in total. The van der Waals surface area contributed by atoms with Crippen molar-refractivity contribution in [2.45, 2.75) is 25.5 Å². The van der Waals surface area contributed by atoms with Crippen LogP contribution in [0, 0.1) is 6.92 Å². The Kier molecular flexibility index (Phi) is 2.78. The molecule has 0 aliphatic heterocycles. The topological polar surface area (TPSA) is 94.2 Å². The second-order valence-corrected chi connectivity index (χ2v) is 5.31. The fourth-order valence-electron chi connectivity index (χ4n) is 1.90. The molecule has 18 heavy (non-hydrogen) atoms. The summed E-state index contributed by atoms with van der Waals surface area (Å²) in [5.74, 6) is 0. The van der Waals surface area contributed by atoms with Crippen LogP contribution in [0.5, 0.6) is 0 Å². The summed E-state index contributed by atoms with van der Waals surface area (Å²) in [5, 5.41) is -0.617. The van der Waals surface area contributed by atoms with Crippen molar-refractivity contribution >= 4 is 21.2 Å². The molecule has 0 bridgehead atoms. The van der Waals surface area contributed by atoms with Gasteiger partial charge in [-0.15, -0.1) is 0 Å². The summed E-state index contributed by atoms with van der Waals surface area (Å²) in [5.41, 5.74) is 0.884. The van der Waals surface area contributed by atoms with Crippen LogP contribution in [0.15, 0.2) is 16.0 Å². The predicted molar refractivity (Wildman–Crippen MR) is 65.2 cm³/mol. The van der Waals surface area contributed by atoms with Crippen LogP contribution in [0.4, 0.5) is 0 Å². The molecule has 2 heterocycles. The van der Waals surface area contributed by atoms with Gasteiger partial charge in [0.15, 0.2) is 0 Å². The van der Waals surface area contributed by atoms with E-state index in [4.69, 9.17) is 4.55 Å². The van der Waals surface area contributed by atoms with Crippen LogP contribution in [0.3, 0.4) is 0 Å². The average Bonchev–Trinajstić information content (AvgIpc) is 2.53. The first kappa shape index (κ1) is 12.8. The Labute approximate surface area is 103 Å². The highest BCUT2D eigenvalue weighted by Gasteiger charge is 2.21. The highest BCUT2D eigenvalue weighted by molar-refractivity contribution is 7.85. The van der Waals surface area contributed by atoms with Gasteiger partial charge in [0, 0.05) is 19.3 Å². The van der Waals surface area contributed by atoms with Gasteiger partial charge in [0.2, 0.25) is 0 Å². The van der Waals surface area contributed by atoms with Crippen molar-refractivity contribution in [1.29, 1.82) is 0 Å². The van der Waals surface area contributed by atoms with E-state index < -0.39 is 20.8 Å². The number of aryl methyl sites for hydroxylation is 2. The first-order valence-corrected chi connectivity index (χ1v) is 6.75. The maximum absolute atomic E-state index is 12.2. The summed E-state index contributed by atoms with van der Waals surface area (Å²) in [6.07, 6.45) is 0. The van der Waals surface area contributed by atoms with Crippen LogP contribution in [0.1, 0.15) is 12.6 Å². The Morgan fingerprint density at radius 3 is 2.56 bits per heavy atom. The van der Waals surface area contributed by atoms with E-state index in [0.717, 1.165) is 10.3 Å². The summed E-state index contributed by atoms with van der Waals surface area (Å²) in [4.78, 5) is 16.1. The van der Waals surface area contributed by atoms with Crippen molar-refractivity contribution in [3.63, 3.8) is 0 Å². The molecule has 2 aromatic rings. The Morgan fingerprint density at radius 1 is 1.44 bits per heavy atom. The molecule has 2 aromatic heterocycles. The first-order chi connectivity index (χ1) is 8.27. The second kappa shape index (κ2) is 3.92. The molecular formula is C10H13N3O4S. The van der Waals surface area contributed by atoms with E-state index in [1.54, 1.807) is 31.5 Å². The van der Waals surface area contributed by atoms with Gasteiger partial charge in [0.25, 0.3) is 10.7 Å².